The van der Waals surface area contributed by atoms with Crippen molar-refractivity contribution < 1.29 is 22.4 Å². The Hall–Kier alpha value is -1.87. The number of hydrogen-bond donors (Lipinski definition) is 2. The predicted octanol–water partition coefficient (Wildman–Crippen LogP) is -0.666. The van der Waals surface area contributed by atoms with Crippen molar-refractivity contribution >= 4 is 21.8 Å². The molecule has 9 heteroatoms. The Kier molecular flexibility index (Phi) is 2.90. The second-order valence-corrected chi connectivity index (χ2v) is 6.99. The van der Waals surface area contributed by atoms with Crippen molar-refractivity contribution in [2.24, 2.45) is 5.84 Å². The summed E-state index contributed by atoms with van der Waals surface area (Å²) in [4.78, 5) is 23.1. The lowest BCUT2D eigenvalue weighted by molar-refractivity contribution is -0.132. The molecule has 1 saturated heterocycles. The molecule has 1 aromatic heterocycles. The van der Waals surface area contributed by atoms with Crippen molar-refractivity contribution in [2.75, 3.05) is 0 Å². The Morgan fingerprint density at radius 3 is 2.68 bits per heavy atom. The highest BCUT2D eigenvalue weighted by molar-refractivity contribution is 7.94. The Balaban J connectivity index is 2.28. The Morgan fingerprint density at radius 1 is 1.53 bits per heavy atom. The van der Waals surface area contributed by atoms with Gasteiger partial charge in [0.15, 0.2) is 10.5 Å². The van der Waals surface area contributed by atoms with Gasteiger partial charge in [0.25, 0.3) is 15.9 Å². The molecule has 0 bridgehead atoms. The number of nitrogens with two attached hydrogens (primary N) is 1. The first-order chi connectivity index (χ1) is 8.73. The highest BCUT2D eigenvalue weighted by atomic mass is 32.2. The molecular weight excluding hydrogens is 274 g/mol. The molecule has 2 rings (SSSR count). The van der Waals surface area contributed by atoms with Crippen LogP contribution in [0.4, 0.5) is 0 Å². The van der Waals surface area contributed by atoms with E-state index in [0.29, 0.717) is 4.31 Å². The maximum atomic E-state index is 11.9. The van der Waals surface area contributed by atoms with E-state index in [1.807, 2.05) is 5.43 Å². The minimum Gasteiger partial charge on any atom is -0.459 e. The number of nitrogen functional groups attached to an aromatic ring is 1. The second-order valence-electron chi connectivity index (χ2n) is 4.58. The van der Waals surface area contributed by atoms with Crippen molar-refractivity contribution in [3.63, 3.8) is 0 Å². The van der Waals surface area contributed by atoms with Crippen molar-refractivity contribution in [1.29, 1.82) is 0 Å². The first-order valence-corrected chi connectivity index (χ1v) is 6.81. The summed E-state index contributed by atoms with van der Waals surface area (Å²) in [7, 11) is -3.70. The third-order valence-electron chi connectivity index (χ3n) is 3.07. The molecule has 1 aliphatic heterocycles. The van der Waals surface area contributed by atoms with Crippen LogP contribution >= 0.6 is 0 Å². The molecule has 3 N–H and O–H groups in total. The fourth-order valence-electron chi connectivity index (χ4n) is 1.79. The highest BCUT2D eigenvalue weighted by Crippen LogP contribution is 2.36. The monoisotopic (exact) mass is 287 g/mol. The van der Waals surface area contributed by atoms with E-state index in [2.05, 4.69) is 0 Å². The van der Waals surface area contributed by atoms with Gasteiger partial charge < -0.3 is 4.42 Å². The quantitative estimate of drug-likeness (QED) is 0.432. The Bertz CT molecular complexity index is 646. The summed E-state index contributed by atoms with van der Waals surface area (Å²) in [6, 6.07) is 1.42. The van der Waals surface area contributed by atoms with E-state index in [0.717, 1.165) is 0 Å². The summed E-state index contributed by atoms with van der Waals surface area (Å²) in [5.74, 6) is 3.65. The van der Waals surface area contributed by atoms with E-state index in [-0.39, 0.29) is 17.9 Å². The van der Waals surface area contributed by atoms with Crippen LogP contribution in [0.25, 0.3) is 0 Å². The van der Waals surface area contributed by atoms with Crippen LogP contribution in [0.5, 0.6) is 0 Å². The zero-order valence-corrected chi connectivity index (χ0v) is 11.2. The minimum atomic E-state index is -3.70. The summed E-state index contributed by atoms with van der Waals surface area (Å²) in [5.41, 5.74) is 2.15. The molecule has 2 heterocycles. The number of hydrogen-bond acceptors (Lipinski definition) is 6. The smallest absolute Gasteiger partial charge is 0.301 e. The van der Waals surface area contributed by atoms with Crippen molar-refractivity contribution in [1.82, 2.24) is 9.73 Å². The molecular formula is C10H13N3O5S. The average molecular weight is 287 g/mol. The van der Waals surface area contributed by atoms with Gasteiger partial charge in [0.2, 0.25) is 0 Å². The number of rotatable bonds is 3. The van der Waals surface area contributed by atoms with Gasteiger partial charge >= 0.3 is 5.91 Å². The molecule has 1 fully saturated rings. The zero-order chi connectivity index (χ0) is 14.4. The SMILES string of the molecule is CC1(C)C(=O)N(Cc2ccoc2C(=O)NN)S1(=O)=O. The van der Waals surface area contributed by atoms with E-state index in [1.165, 1.54) is 26.2 Å². The summed E-state index contributed by atoms with van der Waals surface area (Å²) in [6.07, 6.45) is 1.22. The van der Waals surface area contributed by atoms with Gasteiger partial charge in [-0.2, -0.15) is 0 Å². The van der Waals surface area contributed by atoms with Crippen LogP contribution in [0.3, 0.4) is 0 Å². The Labute approximate surface area is 109 Å². The van der Waals surface area contributed by atoms with E-state index in [4.69, 9.17) is 10.3 Å². The van der Waals surface area contributed by atoms with Crippen molar-refractivity contribution in [3.05, 3.63) is 23.7 Å². The lowest BCUT2D eigenvalue weighted by Gasteiger charge is -2.42. The van der Waals surface area contributed by atoms with E-state index >= 15 is 0 Å². The number of nitrogens with one attached hydrogen (secondary N) is 1. The summed E-state index contributed by atoms with van der Waals surface area (Å²) in [5, 5.41) is 0. The van der Waals surface area contributed by atoms with Crippen LogP contribution in [0.1, 0.15) is 30.0 Å². The number of hydrazine groups is 1. The largest absolute Gasteiger partial charge is 0.459 e. The van der Waals surface area contributed by atoms with Gasteiger partial charge in [0.05, 0.1) is 12.8 Å². The molecule has 0 spiro atoms. The second kappa shape index (κ2) is 4.07. The summed E-state index contributed by atoms with van der Waals surface area (Å²) >= 11 is 0. The van der Waals surface area contributed by atoms with Gasteiger partial charge in [-0.1, -0.05) is 0 Å². The molecule has 104 valence electrons. The van der Waals surface area contributed by atoms with E-state index < -0.39 is 26.6 Å². The topological polar surface area (TPSA) is 123 Å². The van der Waals surface area contributed by atoms with E-state index in [9.17, 15) is 18.0 Å². The predicted molar refractivity (Wildman–Crippen MR) is 63.9 cm³/mol. The summed E-state index contributed by atoms with van der Waals surface area (Å²) in [6.45, 7) is 2.43. The molecule has 0 unspecified atom stereocenters. The first kappa shape index (κ1) is 13.6. The van der Waals surface area contributed by atoms with Crippen molar-refractivity contribution in [2.45, 2.75) is 25.1 Å². The van der Waals surface area contributed by atoms with Crippen LogP contribution in [0.15, 0.2) is 16.7 Å². The molecule has 8 nitrogen and oxygen atoms in total. The lowest BCUT2D eigenvalue weighted by Crippen LogP contribution is -2.66. The molecule has 1 aliphatic rings. The number of carbonyl (C=O) groups excluding carboxylic acids is 2. The number of nitrogens with zero attached hydrogens (tertiary/aromatic N) is 1. The van der Waals surface area contributed by atoms with Gasteiger partial charge in [-0.3, -0.25) is 15.0 Å². The number of amides is 2. The number of carbonyl (C=O) groups is 2. The number of furan rings is 1. The average Bonchev–Trinajstić information content (AvgIpc) is 2.81. The van der Waals surface area contributed by atoms with Gasteiger partial charge in [-0.05, 0) is 19.9 Å². The van der Waals surface area contributed by atoms with Crippen LogP contribution < -0.4 is 11.3 Å². The molecule has 0 saturated carbocycles. The molecule has 0 aromatic carbocycles. The molecule has 0 aliphatic carbocycles. The van der Waals surface area contributed by atoms with Gasteiger partial charge in [-0.25, -0.2) is 18.6 Å². The first-order valence-electron chi connectivity index (χ1n) is 5.37. The third-order valence-corrected chi connectivity index (χ3v) is 5.41. The normalized spacial score (nSPS) is 19.9. The number of sulfonamides is 1. The van der Waals surface area contributed by atoms with Crippen LogP contribution in [-0.2, 0) is 21.4 Å². The van der Waals surface area contributed by atoms with Gasteiger partial charge in [-0.15, -0.1) is 0 Å². The lowest BCUT2D eigenvalue weighted by atomic mass is 10.1. The molecule has 2 amide bonds. The zero-order valence-electron chi connectivity index (χ0n) is 10.3. The van der Waals surface area contributed by atoms with Gasteiger partial charge in [0, 0.05) is 5.56 Å². The minimum absolute atomic E-state index is 0.116. The van der Waals surface area contributed by atoms with Crippen molar-refractivity contribution in [3.8, 4) is 0 Å². The summed E-state index contributed by atoms with van der Waals surface area (Å²) < 4.78 is 28.0. The maximum Gasteiger partial charge on any atom is 0.301 e. The molecule has 0 atom stereocenters. The highest BCUT2D eigenvalue weighted by Gasteiger charge is 2.60. The Morgan fingerprint density at radius 2 is 2.16 bits per heavy atom. The van der Waals surface area contributed by atoms with Crippen LogP contribution in [0.2, 0.25) is 0 Å². The fourth-order valence-corrected chi connectivity index (χ4v) is 3.30. The van der Waals surface area contributed by atoms with E-state index in [1.54, 1.807) is 0 Å². The fraction of sp³-hybridized carbons (Fsp3) is 0.400. The standard InChI is InChI=1S/C10H13N3O5S/c1-10(2)9(15)13(19(10,16)17)5-6-3-4-18-7(6)8(14)12-11/h3-4H,5,11H2,1-2H3,(H,12,14). The van der Waals surface area contributed by atoms with Crippen LogP contribution in [0, 0.1) is 0 Å². The maximum absolute atomic E-state index is 11.9. The van der Waals surface area contributed by atoms with Crippen LogP contribution in [-0.4, -0.2) is 29.3 Å². The molecule has 0 radical (unpaired) electrons. The molecule has 19 heavy (non-hydrogen) atoms. The molecule has 1 aromatic rings. The van der Waals surface area contributed by atoms with Gasteiger partial charge in [0.1, 0.15) is 0 Å². The third kappa shape index (κ3) is 1.73.